The van der Waals surface area contributed by atoms with E-state index in [1.165, 1.54) is 69.9 Å². The van der Waals surface area contributed by atoms with E-state index >= 15 is 0 Å². The van der Waals surface area contributed by atoms with Crippen LogP contribution in [0.4, 0.5) is 0 Å². The molecular formula is C31H57O10P. The van der Waals surface area contributed by atoms with Crippen molar-refractivity contribution in [3.8, 4) is 0 Å². The molecule has 0 radical (unpaired) electrons. The summed E-state index contributed by atoms with van der Waals surface area (Å²) in [5.41, 5.74) is 0. The van der Waals surface area contributed by atoms with Gasteiger partial charge in [-0.05, 0) is 25.3 Å². The molecule has 0 aliphatic carbocycles. The Hall–Kier alpha value is -1.58. The Bertz CT molecular complexity index is 752. The predicted octanol–water partition coefficient (Wildman–Crippen LogP) is 6.88. The van der Waals surface area contributed by atoms with E-state index in [0.717, 1.165) is 44.9 Å². The molecule has 0 aliphatic heterocycles. The number of esters is 2. The van der Waals surface area contributed by atoms with Crippen molar-refractivity contribution in [2.75, 3.05) is 13.2 Å². The molecule has 0 aromatic carbocycles. The van der Waals surface area contributed by atoms with Crippen LogP contribution in [0, 0.1) is 0 Å². The molecule has 0 fully saturated rings. The van der Waals surface area contributed by atoms with Crippen LogP contribution in [0.5, 0.6) is 0 Å². The maximum Gasteiger partial charge on any atom is 0.469 e. The smallest absolute Gasteiger partial charge is 0.462 e. The van der Waals surface area contributed by atoms with Gasteiger partial charge >= 0.3 is 19.8 Å². The molecule has 10 nitrogen and oxygen atoms in total. The van der Waals surface area contributed by atoms with Crippen molar-refractivity contribution in [2.45, 2.75) is 154 Å². The molecule has 0 rings (SSSR count). The van der Waals surface area contributed by atoms with Gasteiger partial charge in [0.25, 0.3) is 0 Å². The van der Waals surface area contributed by atoms with Gasteiger partial charge in [0.05, 0.1) is 12.7 Å². The molecule has 11 heteroatoms. The number of carbonyl (C=O) groups excluding carboxylic acids is 3. The van der Waals surface area contributed by atoms with Crippen molar-refractivity contribution >= 4 is 26.0 Å². The van der Waals surface area contributed by atoms with Crippen molar-refractivity contribution in [2.24, 2.45) is 0 Å². The minimum atomic E-state index is -4.78. The summed E-state index contributed by atoms with van der Waals surface area (Å²) < 4.78 is 26.0. The van der Waals surface area contributed by atoms with Gasteiger partial charge in [-0.2, -0.15) is 0 Å². The molecule has 0 aromatic heterocycles. The molecule has 246 valence electrons. The van der Waals surface area contributed by atoms with Crippen molar-refractivity contribution < 1.29 is 47.8 Å². The number of unbranched alkanes of at least 4 members (excludes halogenated alkanes) is 16. The molecule has 1 unspecified atom stereocenters. The first-order valence-corrected chi connectivity index (χ1v) is 17.6. The monoisotopic (exact) mass is 620 g/mol. The van der Waals surface area contributed by atoms with Crippen molar-refractivity contribution in [3.63, 3.8) is 0 Å². The molecule has 42 heavy (non-hydrogen) atoms. The van der Waals surface area contributed by atoms with Gasteiger partial charge in [0.15, 0.2) is 6.10 Å². The number of carbonyl (C=O) groups is 3. The normalized spacial score (nSPS) is 13.2. The number of allylic oxidation sites excluding steroid dienone is 1. The summed E-state index contributed by atoms with van der Waals surface area (Å²) in [4.78, 5) is 52.6. The van der Waals surface area contributed by atoms with Crippen LogP contribution in [0.1, 0.15) is 142 Å². The highest BCUT2D eigenvalue weighted by atomic mass is 31.2. The number of aldehydes is 1. The highest BCUT2D eigenvalue weighted by Crippen LogP contribution is 2.35. The van der Waals surface area contributed by atoms with Gasteiger partial charge < -0.3 is 24.4 Å². The number of ether oxygens (including phenoxy) is 2. The second-order valence-corrected chi connectivity index (χ2v) is 12.2. The number of hydrogen-bond acceptors (Lipinski definition) is 8. The Kier molecular flexibility index (Phi) is 27.1. The second-order valence-electron chi connectivity index (χ2n) is 11.0. The van der Waals surface area contributed by atoms with Gasteiger partial charge in [0.1, 0.15) is 12.9 Å². The van der Waals surface area contributed by atoms with Crippen LogP contribution in [-0.2, 0) is 32.9 Å². The molecule has 3 N–H and O–H groups in total. The Morgan fingerprint density at radius 3 is 1.69 bits per heavy atom. The van der Waals surface area contributed by atoms with Gasteiger partial charge in [-0.25, -0.2) is 4.57 Å². The standard InChI is InChI=1S/C31H57O10P/c1-2-3-4-5-6-7-8-9-10-11-12-15-18-23-30(34)39-26-29(27-40-42(36,37)38)41-31(35)24-19-16-13-14-17-21-28(33)22-20-25-32/h20,22,25,28-29,33H,2-19,21,23-24,26-27H2,1H3,(H2,36,37,38)/b22-20+/t28?,29-/m1/s1. The molecule has 0 saturated heterocycles. The van der Waals surface area contributed by atoms with Gasteiger partial charge in [-0.3, -0.25) is 18.9 Å². The molecule has 0 bridgehead atoms. The molecule has 0 aliphatic rings. The number of hydrogen-bond donors (Lipinski definition) is 3. The lowest BCUT2D eigenvalue weighted by Crippen LogP contribution is -2.29. The highest BCUT2D eigenvalue weighted by molar-refractivity contribution is 7.46. The average molecular weight is 621 g/mol. The fourth-order valence-corrected chi connectivity index (χ4v) is 4.87. The van der Waals surface area contributed by atoms with Crippen LogP contribution < -0.4 is 0 Å². The van der Waals surface area contributed by atoms with Gasteiger partial charge in [0.2, 0.25) is 0 Å². The van der Waals surface area contributed by atoms with Crippen LogP contribution in [0.15, 0.2) is 12.2 Å². The Balaban J connectivity index is 4.04. The van der Waals surface area contributed by atoms with Crippen LogP contribution in [0.3, 0.4) is 0 Å². The van der Waals surface area contributed by atoms with Crippen LogP contribution in [0.2, 0.25) is 0 Å². The highest BCUT2D eigenvalue weighted by Gasteiger charge is 2.22. The number of phosphoric acid groups is 1. The maximum atomic E-state index is 12.2. The van der Waals surface area contributed by atoms with E-state index in [-0.39, 0.29) is 19.4 Å². The topological polar surface area (TPSA) is 157 Å². The van der Waals surface area contributed by atoms with E-state index in [4.69, 9.17) is 19.3 Å². The molecule has 2 atom stereocenters. The Labute approximate surface area is 253 Å². The van der Waals surface area contributed by atoms with E-state index in [1.807, 2.05) is 0 Å². The first kappa shape index (κ1) is 40.4. The maximum absolute atomic E-state index is 12.2. The molecule has 0 saturated carbocycles. The summed E-state index contributed by atoms with van der Waals surface area (Å²) >= 11 is 0. The first-order chi connectivity index (χ1) is 20.2. The second kappa shape index (κ2) is 28.2. The lowest BCUT2D eigenvalue weighted by Gasteiger charge is -2.18. The summed E-state index contributed by atoms with van der Waals surface area (Å²) in [6.07, 6.45) is 22.0. The lowest BCUT2D eigenvalue weighted by atomic mass is 10.0. The van der Waals surface area contributed by atoms with E-state index < -0.39 is 38.6 Å². The number of rotatable bonds is 30. The van der Waals surface area contributed by atoms with Gasteiger partial charge in [-0.1, -0.05) is 116 Å². The van der Waals surface area contributed by atoms with Crippen molar-refractivity contribution in [1.82, 2.24) is 0 Å². The van der Waals surface area contributed by atoms with Crippen LogP contribution in [-0.4, -0.2) is 58.5 Å². The van der Waals surface area contributed by atoms with E-state index in [2.05, 4.69) is 11.4 Å². The van der Waals surface area contributed by atoms with E-state index in [9.17, 15) is 24.1 Å². The summed E-state index contributed by atoms with van der Waals surface area (Å²) in [6.45, 7) is 1.32. The van der Waals surface area contributed by atoms with Crippen LogP contribution in [0.25, 0.3) is 0 Å². The number of phosphoric ester groups is 1. The fraction of sp³-hybridized carbons (Fsp3) is 0.839. The third-order valence-electron chi connectivity index (χ3n) is 6.93. The average Bonchev–Trinajstić information content (AvgIpc) is 2.94. The summed E-state index contributed by atoms with van der Waals surface area (Å²) in [6, 6.07) is 0. The van der Waals surface area contributed by atoms with E-state index in [1.54, 1.807) is 0 Å². The third-order valence-corrected chi connectivity index (χ3v) is 7.42. The lowest BCUT2D eigenvalue weighted by molar-refractivity contribution is -0.161. The van der Waals surface area contributed by atoms with E-state index in [0.29, 0.717) is 25.5 Å². The first-order valence-electron chi connectivity index (χ1n) is 16.0. The molecular weight excluding hydrogens is 563 g/mol. The molecule has 0 amide bonds. The van der Waals surface area contributed by atoms with Gasteiger partial charge in [-0.15, -0.1) is 0 Å². The molecule has 0 aromatic rings. The quantitative estimate of drug-likeness (QED) is 0.0254. The molecule has 0 spiro atoms. The van der Waals surface area contributed by atoms with Crippen LogP contribution >= 0.6 is 7.82 Å². The minimum absolute atomic E-state index is 0.115. The van der Waals surface area contributed by atoms with Crippen molar-refractivity contribution in [3.05, 3.63) is 12.2 Å². The zero-order valence-corrected chi connectivity index (χ0v) is 26.7. The zero-order chi connectivity index (χ0) is 31.3. The minimum Gasteiger partial charge on any atom is -0.462 e. The predicted molar refractivity (Wildman–Crippen MR) is 163 cm³/mol. The number of aliphatic hydroxyl groups is 1. The Morgan fingerprint density at radius 1 is 0.714 bits per heavy atom. The SMILES string of the molecule is CCCCCCCCCCCCCCCC(=O)OC[C@H](COP(=O)(O)O)OC(=O)CCCCCCCC(O)/C=C/C=O. The summed E-state index contributed by atoms with van der Waals surface area (Å²) in [5, 5.41) is 9.64. The van der Waals surface area contributed by atoms with Crippen molar-refractivity contribution in [1.29, 1.82) is 0 Å². The largest absolute Gasteiger partial charge is 0.469 e. The van der Waals surface area contributed by atoms with Gasteiger partial charge in [0, 0.05) is 12.8 Å². The Morgan fingerprint density at radius 2 is 1.19 bits per heavy atom. The fourth-order valence-electron chi connectivity index (χ4n) is 4.51. The molecule has 0 heterocycles. The number of aliphatic hydroxyl groups excluding tert-OH is 1. The summed E-state index contributed by atoms with van der Waals surface area (Å²) in [7, 11) is -4.78. The zero-order valence-electron chi connectivity index (χ0n) is 25.8. The third kappa shape index (κ3) is 29.9. The summed E-state index contributed by atoms with van der Waals surface area (Å²) in [5.74, 6) is -1.00.